The molecule has 3 aromatic rings. The zero-order valence-electron chi connectivity index (χ0n) is 15.3. The predicted octanol–water partition coefficient (Wildman–Crippen LogP) is 3.32. The average molecular weight is 374 g/mol. The van der Waals surface area contributed by atoms with Gasteiger partial charge in [0.2, 0.25) is 5.78 Å². The fourth-order valence-corrected chi connectivity index (χ4v) is 4.39. The van der Waals surface area contributed by atoms with Crippen LogP contribution in [-0.2, 0) is 16.8 Å². The van der Waals surface area contributed by atoms with Crippen LogP contribution in [0.4, 0.5) is 4.79 Å². The van der Waals surface area contributed by atoms with Crippen LogP contribution in [0.25, 0.3) is 11.0 Å². The normalized spacial score (nSPS) is 20.8. The van der Waals surface area contributed by atoms with Gasteiger partial charge in [-0.15, -0.1) is 0 Å². The Bertz CT molecular complexity index is 1160. The molecule has 0 saturated carbocycles. The maximum atomic E-state index is 13.2. The molecule has 1 unspecified atom stereocenters. The quantitative estimate of drug-likeness (QED) is 0.563. The van der Waals surface area contributed by atoms with Gasteiger partial charge < -0.3 is 9.73 Å². The maximum Gasteiger partial charge on any atom is 0.325 e. The van der Waals surface area contributed by atoms with Gasteiger partial charge in [0, 0.05) is 10.9 Å². The number of carbonyl (C=O) groups is 3. The average Bonchev–Trinajstić information content (AvgIpc) is 3.32. The standard InChI is InChI=1S/C22H18N2O4/c1-13-15-7-3-5-9-18(15)28-19(13)17(25)12-24-20(26)22(23-21(24)27)11-10-14-6-2-4-8-16(14)22/h2-9H,10-12H2,1H3,(H,23,27). The number of hydrogen-bond donors (Lipinski definition) is 1. The summed E-state index contributed by atoms with van der Waals surface area (Å²) in [4.78, 5) is 39.7. The molecule has 140 valence electrons. The lowest BCUT2D eigenvalue weighted by atomic mass is 9.92. The highest BCUT2D eigenvalue weighted by atomic mass is 16.3. The second-order valence-electron chi connectivity index (χ2n) is 7.36. The smallest absolute Gasteiger partial charge is 0.325 e. The van der Waals surface area contributed by atoms with Crippen molar-refractivity contribution in [3.05, 3.63) is 71.0 Å². The van der Waals surface area contributed by atoms with E-state index in [9.17, 15) is 14.4 Å². The summed E-state index contributed by atoms with van der Waals surface area (Å²) in [5.74, 6) is -0.570. The van der Waals surface area contributed by atoms with Crippen LogP contribution in [0.2, 0.25) is 0 Å². The van der Waals surface area contributed by atoms with E-state index in [1.54, 1.807) is 13.0 Å². The van der Waals surface area contributed by atoms with Gasteiger partial charge in [-0.05, 0) is 37.0 Å². The van der Waals surface area contributed by atoms with E-state index in [-0.39, 0.29) is 24.0 Å². The molecule has 2 aromatic carbocycles. The molecule has 3 amide bonds. The Hall–Kier alpha value is -3.41. The summed E-state index contributed by atoms with van der Waals surface area (Å²) < 4.78 is 5.70. The van der Waals surface area contributed by atoms with E-state index in [1.807, 2.05) is 42.5 Å². The topological polar surface area (TPSA) is 79.6 Å². The summed E-state index contributed by atoms with van der Waals surface area (Å²) in [6.07, 6.45) is 1.22. The van der Waals surface area contributed by atoms with Crippen molar-refractivity contribution in [2.24, 2.45) is 0 Å². The first-order chi connectivity index (χ1) is 13.5. The van der Waals surface area contributed by atoms with Gasteiger partial charge in [0.1, 0.15) is 11.1 Å². The van der Waals surface area contributed by atoms with Gasteiger partial charge in [-0.1, -0.05) is 42.5 Å². The Morgan fingerprint density at radius 2 is 1.89 bits per heavy atom. The van der Waals surface area contributed by atoms with Crippen LogP contribution < -0.4 is 5.32 Å². The predicted molar refractivity (Wildman–Crippen MR) is 102 cm³/mol. The van der Waals surface area contributed by atoms with Gasteiger partial charge in [0.05, 0.1) is 6.54 Å². The molecule has 5 rings (SSSR count). The van der Waals surface area contributed by atoms with Crippen LogP contribution in [0.15, 0.2) is 52.9 Å². The molecule has 1 fully saturated rings. The van der Waals surface area contributed by atoms with Gasteiger partial charge in [-0.25, -0.2) is 4.79 Å². The summed E-state index contributed by atoms with van der Waals surface area (Å²) in [6, 6.07) is 14.5. The number of aryl methyl sites for hydroxylation is 2. The largest absolute Gasteiger partial charge is 0.453 e. The summed E-state index contributed by atoms with van der Waals surface area (Å²) >= 11 is 0. The Kier molecular flexibility index (Phi) is 3.46. The van der Waals surface area contributed by atoms with E-state index in [4.69, 9.17) is 4.42 Å². The molecular weight excluding hydrogens is 356 g/mol. The van der Waals surface area contributed by atoms with Gasteiger partial charge in [-0.2, -0.15) is 0 Å². The van der Waals surface area contributed by atoms with Crippen LogP contribution in [0.3, 0.4) is 0 Å². The van der Waals surface area contributed by atoms with Crippen molar-refractivity contribution in [1.29, 1.82) is 0 Å². The van der Waals surface area contributed by atoms with Crippen molar-refractivity contribution < 1.29 is 18.8 Å². The summed E-state index contributed by atoms with van der Waals surface area (Å²) in [6.45, 7) is 1.47. The number of nitrogens with zero attached hydrogens (tertiary/aromatic N) is 1. The molecular formula is C22H18N2O4. The van der Waals surface area contributed by atoms with E-state index in [1.165, 1.54) is 0 Å². The SMILES string of the molecule is Cc1c(C(=O)CN2C(=O)NC3(CCc4ccccc43)C2=O)oc2ccccc12. The molecule has 28 heavy (non-hydrogen) atoms. The Morgan fingerprint density at radius 1 is 1.14 bits per heavy atom. The molecule has 1 atom stereocenters. The number of rotatable bonds is 3. The fraction of sp³-hybridized carbons (Fsp3) is 0.227. The number of carbonyl (C=O) groups excluding carboxylic acids is 3. The van der Waals surface area contributed by atoms with Gasteiger partial charge in [0.15, 0.2) is 5.76 Å². The van der Waals surface area contributed by atoms with Crippen molar-refractivity contribution in [3.8, 4) is 0 Å². The Labute approximate surface area is 161 Å². The third-order valence-electron chi connectivity index (χ3n) is 5.82. The van der Waals surface area contributed by atoms with Crippen molar-refractivity contribution in [2.45, 2.75) is 25.3 Å². The van der Waals surface area contributed by atoms with Crippen LogP contribution in [-0.4, -0.2) is 29.2 Å². The molecule has 2 aliphatic rings. The minimum atomic E-state index is -1.06. The van der Waals surface area contributed by atoms with Crippen LogP contribution in [0.5, 0.6) is 0 Å². The number of fused-ring (bicyclic) bond motifs is 3. The highest BCUT2D eigenvalue weighted by Crippen LogP contribution is 2.41. The molecule has 0 radical (unpaired) electrons. The van der Waals surface area contributed by atoms with Crippen molar-refractivity contribution in [1.82, 2.24) is 10.2 Å². The number of benzene rings is 2. The first-order valence-corrected chi connectivity index (χ1v) is 9.25. The number of urea groups is 1. The van der Waals surface area contributed by atoms with Crippen LogP contribution in [0, 0.1) is 6.92 Å². The Balaban J connectivity index is 1.46. The number of imide groups is 1. The number of amides is 3. The lowest BCUT2D eigenvalue weighted by Gasteiger charge is -2.22. The van der Waals surface area contributed by atoms with Crippen LogP contribution >= 0.6 is 0 Å². The van der Waals surface area contributed by atoms with Crippen molar-refractivity contribution in [2.75, 3.05) is 6.54 Å². The van der Waals surface area contributed by atoms with Crippen molar-refractivity contribution in [3.63, 3.8) is 0 Å². The summed E-state index contributed by atoms with van der Waals surface area (Å²) in [5, 5.41) is 3.69. The molecule has 6 nitrogen and oxygen atoms in total. The zero-order chi connectivity index (χ0) is 19.5. The van der Waals surface area contributed by atoms with Crippen LogP contribution in [0.1, 0.15) is 33.7 Å². The highest BCUT2D eigenvalue weighted by molar-refractivity contribution is 6.12. The monoisotopic (exact) mass is 374 g/mol. The second-order valence-corrected chi connectivity index (χ2v) is 7.36. The fourth-order valence-electron chi connectivity index (χ4n) is 4.39. The molecule has 6 heteroatoms. The summed E-state index contributed by atoms with van der Waals surface area (Å²) in [5.41, 5.74) is 2.15. The second kappa shape index (κ2) is 5.79. The van der Waals surface area contributed by atoms with E-state index in [2.05, 4.69) is 5.32 Å². The van der Waals surface area contributed by atoms with Gasteiger partial charge in [-0.3, -0.25) is 14.5 Å². The first kappa shape index (κ1) is 16.7. The number of para-hydroxylation sites is 1. The number of ketones is 1. The zero-order valence-corrected chi connectivity index (χ0v) is 15.3. The highest BCUT2D eigenvalue weighted by Gasteiger charge is 2.55. The minimum absolute atomic E-state index is 0.189. The minimum Gasteiger partial charge on any atom is -0.453 e. The summed E-state index contributed by atoms with van der Waals surface area (Å²) in [7, 11) is 0. The van der Waals surface area contributed by atoms with Crippen molar-refractivity contribution >= 4 is 28.7 Å². The maximum absolute atomic E-state index is 13.2. The van der Waals surface area contributed by atoms with E-state index >= 15 is 0 Å². The number of furan rings is 1. The molecule has 0 bridgehead atoms. The molecule has 1 aliphatic heterocycles. The molecule has 1 N–H and O–H groups in total. The molecule has 1 spiro atoms. The number of nitrogens with one attached hydrogen (secondary N) is 1. The lowest BCUT2D eigenvalue weighted by molar-refractivity contribution is -0.131. The molecule has 1 aromatic heterocycles. The third-order valence-corrected chi connectivity index (χ3v) is 5.82. The van der Waals surface area contributed by atoms with Gasteiger partial charge >= 0.3 is 6.03 Å². The molecule has 1 aliphatic carbocycles. The lowest BCUT2D eigenvalue weighted by Crippen LogP contribution is -2.42. The van der Waals surface area contributed by atoms with E-state index < -0.39 is 11.6 Å². The molecule has 2 heterocycles. The number of Topliss-reactive ketones (excluding diaryl/α,β-unsaturated/α-hetero) is 1. The van der Waals surface area contributed by atoms with Gasteiger partial charge in [0.25, 0.3) is 5.91 Å². The number of hydrogen-bond acceptors (Lipinski definition) is 4. The van der Waals surface area contributed by atoms with E-state index in [0.717, 1.165) is 21.4 Å². The third kappa shape index (κ3) is 2.17. The Morgan fingerprint density at radius 3 is 2.71 bits per heavy atom. The van der Waals surface area contributed by atoms with E-state index in [0.29, 0.717) is 24.0 Å². The molecule has 1 saturated heterocycles. The first-order valence-electron chi connectivity index (χ1n) is 9.25.